The molecule has 3 N–H and O–H groups in total. The number of ether oxygens (including phenoxy) is 2. The molecule has 1 saturated heterocycles. The van der Waals surface area contributed by atoms with Gasteiger partial charge in [-0.2, -0.15) is 0 Å². The van der Waals surface area contributed by atoms with Gasteiger partial charge < -0.3 is 19.7 Å². The van der Waals surface area contributed by atoms with Crippen LogP contribution in [0.1, 0.15) is 69.7 Å². The lowest BCUT2D eigenvalue weighted by Crippen LogP contribution is -2.66. The summed E-state index contributed by atoms with van der Waals surface area (Å²) in [4.78, 5) is 35.2. The number of benzene rings is 3. The normalized spacial score (nSPS) is 32.3. The lowest BCUT2D eigenvalue weighted by Gasteiger charge is -2.56. The van der Waals surface area contributed by atoms with E-state index in [0.29, 0.717) is 22.7 Å². The van der Waals surface area contributed by atoms with E-state index in [1.165, 1.54) is 23.1 Å². The molecule has 2 heterocycles. The van der Waals surface area contributed by atoms with E-state index in [1.807, 2.05) is 26.0 Å². The summed E-state index contributed by atoms with van der Waals surface area (Å²) in [7, 11) is 3.84. The van der Waals surface area contributed by atoms with Gasteiger partial charge in [-0.15, -0.1) is 0 Å². The molecule has 1 saturated carbocycles. The number of halogens is 1. The first-order valence-electron chi connectivity index (χ1n) is 19.0. The Labute approximate surface area is 323 Å². The molecule has 288 valence electrons. The minimum absolute atomic E-state index is 0.0334. The Kier molecular flexibility index (Phi) is 10.7. The largest absolute Gasteiger partial charge is 0.454 e. The topological polar surface area (TPSA) is 121 Å². The van der Waals surface area contributed by atoms with Crippen LogP contribution in [0.3, 0.4) is 0 Å². The second-order valence-electron chi connectivity index (χ2n) is 16.0. The van der Waals surface area contributed by atoms with Gasteiger partial charge in [0.05, 0.1) is 16.8 Å². The van der Waals surface area contributed by atoms with Crippen molar-refractivity contribution in [3.8, 4) is 0 Å². The van der Waals surface area contributed by atoms with Crippen LogP contribution in [0.15, 0.2) is 90.5 Å². The van der Waals surface area contributed by atoms with Gasteiger partial charge in [-0.1, -0.05) is 104 Å². The van der Waals surface area contributed by atoms with Crippen molar-refractivity contribution in [2.75, 3.05) is 25.7 Å². The lowest BCUT2D eigenvalue weighted by atomic mass is 9.55. The smallest absolute Gasteiger partial charge is 0.323 e. The van der Waals surface area contributed by atoms with Crippen LogP contribution >= 0.6 is 11.6 Å². The summed E-state index contributed by atoms with van der Waals surface area (Å²) in [5, 5.41) is 30.0. The molecule has 1 unspecified atom stereocenters. The number of fused-ring (bicyclic) bond motifs is 4. The number of carbonyl (C=O) groups is 2. The van der Waals surface area contributed by atoms with E-state index in [1.54, 1.807) is 25.2 Å². The second kappa shape index (κ2) is 15.0. The number of hydrogen-bond donors (Lipinski definition) is 3. The number of aliphatic hydroxyl groups is 2. The van der Waals surface area contributed by atoms with Gasteiger partial charge in [-0.25, -0.2) is 0 Å². The summed E-state index contributed by atoms with van der Waals surface area (Å²) in [6, 6.07) is 25.2. The monoisotopic (exact) mass is 757 g/mol. The molecule has 0 spiro atoms. The Morgan fingerprint density at radius 3 is 2.30 bits per heavy atom. The highest BCUT2D eigenvalue weighted by molar-refractivity contribution is 6.33. The van der Waals surface area contributed by atoms with Crippen molar-refractivity contribution in [3.05, 3.63) is 112 Å². The van der Waals surface area contributed by atoms with Crippen LogP contribution in [0.5, 0.6) is 0 Å². The summed E-state index contributed by atoms with van der Waals surface area (Å²) in [6.45, 7) is 8.15. The maximum Gasteiger partial charge on any atom is 0.323 e. The molecule has 0 aromatic heterocycles. The Hall–Kier alpha value is -3.77. The number of para-hydroxylation sites is 1. The highest BCUT2D eigenvalue weighted by Gasteiger charge is 2.62. The average molecular weight is 758 g/mol. The first-order chi connectivity index (χ1) is 25.7. The quantitative estimate of drug-likeness (QED) is 0.173. The lowest BCUT2D eigenvalue weighted by molar-refractivity contribution is -0.225. The second-order valence-corrected chi connectivity index (χ2v) is 16.4. The van der Waals surface area contributed by atoms with E-state index in [2.05, 4.69) is 78.8 Å². The van der Waals surface area contributed by atoms with Crippen LogP contribution in [0.4, 0.5) is 5.69 Å². The first kappa shape index (κ1) is 38.5. The van der Waals surface area contributed by atoms with Crippen molar-refractivity contribution in [2.24, 2.45) is 23.7 Å². The van der Waals surface area contributed by atoms with Crippen LogP contribution in [0.2, 0.25) is 5.02 Å². The van der Waals surface area contributed by atoms with Gasteiger partial charge in [0.15, 0.2) is 18.4 Å². The van der Waals surface area contributed by atoms with E-state index in [-0.39, 0.29) is 36.1 Å². The minimum Gasteiger partial charge on any atom is -0.454 e. The molecule has 54 heavy (non-hydrogen) atoms. The van der Waals surface area contributed by atoms with E-state index < -0.39 is 47.6 Å². The number of hydroxylamine groups is 1. The predicted octanol–water partition coefficient (Wildman–Crippen LogP) is 6.15. The SMILES string of the molecule is CC(=O)O[C@@H]1C(C)=C[C@@H]2[C@H](C(C)CN(C)C(c3ccccc3)c3ccccc3)CC[C@@H](C)[C@]2(O)[C@H]1OC(=O)[C@@H]1C[C@@]2(O)c3cccc(Cl)c3N(C)O[C@H]2N1. The third-order valence-corrected chi connectivity index (χ3v) is 12.8. The van der Waals surface area contributed by atoms with Gasteiger partial charge in [0, 0.05) is 38.4 Å². The van der Waals surface area contributed by atoms with Gasteiger partial charge in [0.1, 0.15) is 17.2 Å². The van der Waals surface area contributed by atoms with E-state index in [0.717, 1.165) is 18.5 Å². The fraction of sp³-hybridized carbons (Fsp3) is 0.488. The fourth-order valence-corrected chi connectivity index (χ4v) is 10.1. The van der Waals surface area contributed by atoms with Gasteiger partial charge in [0.2, 0.25) is 0 Å². The maximum absolute atomic E-state index is 14.3. The van der Waals surface area contributed by atoms with E-state index >= 15 is 0 Å². The molecule has 3 aromatic rings. The fourth-order valence-electron chi connectivity index (χ4n) is 9.83. The number of hydrogen-bond acceptors (Lipinski definition) is 10. The standard InChI is InChI=1S/C43H52ClN3O7/c1-25-22-33-31(26(2)24-46(5)36(29-14-9-7-10-15-29)30-16-11-8-12-17-30)21-20-27(3)43(33,51)39(38(25)52-28(4)48)53-40(49)35-23-42(50)32-18-13-19-34(44)37(32)47(6)54-41(42)45-35/h7-19,22,26-27,31,33,35-36,38-39,41,45,50-51H,20-21,23-24H2,1-6H3/t26?,27-,31+,33-,35+,38-,39+,41-,42-,43-/m1/s1. The summed E-state index contributed by atoms with van der Waals surface area (Å²) in [5.74, 6) is -1.70. The van der Waals surface area contributed by atoms with Crippen molar-refractivity contribution in [1.29, 1.82) is 0 Å². The Balaban J connectivity index is 1.16. The molecule has 3 aromatic carbocycles. The zero-order valence-corrected chi connectivity index (χ0v) is 32.6. The number of anilines is 1. The molecule has 2 fully saturated rings. The highest BCUT2D eigenvalue weighted by atomic mass is 35.5. The van der Waals surface area contributed by atoms with Gasteiger partial charge in [-0.05, 0) is 67.3 Å². The number of carbonyl (C=O) groups excluding carboxylic acids is 2. The van der Waals surface area contributed by atoms with Crippen LogP contribution in [0, 0.1) is 23.7 Å². The Bertz CT molecular complexity index is 1840. The van der Waals surface area contributed by atoms with Crippen molar-refractivity contribution in [1.82, 2.24) is 10.2 Å². The molecule has 2 aliphatic heterocycles. The summed E-state index contributed by atoms with van der Waals surface area (Å²) in [6.07, 6.45) is 0.449. The summed E-state index contributed by atoms with van der Waals surface area (Å²) in [5.41, 5.74) is 1.07. The number of nitrogens with zero attached hydrogens (tertiary/aromatic N) is 2. The van der Waals surface area contributed by atoms with Gasteiger partial charge in [-0.3, -0.25) is 29.7 Å². The number of esters is 2. The molecule has 0 bridgehead atoms. The molecular formula is C43H52ClN3O7. The molecule has 0 amide bonds. The number of rotatable bonds is 9. The van der Waals surface area contributed by atoms with Crippen LogP contribution < -0.4 is 10.4 Å². The average Bonchev–Trinajstić information content (AvgIpc) is 3.49. The van der Waals surface area contributed by atoms with Crippen molar-refractivity contribution < 1.29 is 34.1 Å². The predicted molar refractivity (Wildman–Crippen MR) is 206 cm³/mol. The van der Waals surface area contributed by atoms with Crippen LogP contribution in [0.25, 0.3) is 0 Å². The summed E-state index contributed by atoms with van der Waals surface area (Å²) >= 11 is 6.49. The highest BCUT2D eigenvalue weighted by Crippen LogP contribution is 2.53. The third kappa shape index (κ3) is 6.75. The molecule has 0 radical (unpaired) electrons. The van der Waals surface area contributed by atoms with Crippen molar-refractivity contribution in [2.45, 2.75) is 88.7 Å². The maximum atomic E-state index is 14.3. The molecule has 10 nitrogen and oxygen atoms in total. The van der Waals surface area contributed by atoms with E-state index in [4.69, 9.17) is 25.9 Å². The zero-order valence-electron chi connectivity index (χ0n) is 31.8. The van der Waals surface area contributed by atoms with E-state index in [9.17, 15) is 19.8 Å². The van der Waals surface area contributed by atoms with Gasteiger partial charge in [0.25, 0.3) is 0 Å². The van der Waals surface area contributed by atoms with Crippen LogP contribution in [-0.2, 0) is 29.5 Å². The third-order valence-electron chi connectivity index (χ3n) is 12.5. The Morgan fingerprint density at radius 2 is 1.67 bits per heavy atom. The zero-order chi connectivity index (χ0) is 38.5. The molecule has 4 aliphatic rings. The van der Waals surface area contributed by atoms with Crippen molar-refractivity contribution in [3.63, 3.8) is 0 Å². The summed E-state index contributed by atoms with van der Waals surface area (Å²) < 4.78 is 12.2. The Morgan fingerprint density at radius 1 is 1.02 bits per heavy atom. The molecule has 10 atom stereocenters. The molecule has 11 heteroatoms. The molecular weight excluding hydrogens is 706 g/mol. The first-order valence-corrected chi connectivity index (χ1v) is 19.4. The van der Waals surface area contributed by atoms with Crippen molar-refractivity contribution >= 4 is 29.2 Å². The number of nitrogens with one attached hydrogen (secondary N) is 1. The minimum atomic E-state index is -1.57. The van der Waals surface area contributed by atoms with Crippen LogP contribution in [-0.4, -0.2) is 77.8 Å². The molecule has 7 rings (SSSR count). The molecule has 2 aliphatic carbocycles. The van der Waals surface area contributed by atoms with Gasteiger partial charge >= 0.3 is 11.9 Å².